The number of hydrogen-bond donors (Lipinski definition) is 0. The molecule has 1 aliphatic heterocycles. The molecule has 1 saturated heterocycles. The molecule has 1 aromatic carbocycles. The van der Waals surface area contributed by atoms with Crippen LogP contribution < -0.4 is 4.74 Å². The number of para-hydroxylation sites is 1. The summed E-state index contributed by atoms with van der Waals surface area (Å²) in [6.45, 7) is 1.81. The summed E-state index contributed by atoms with van der Waals surface area (Å²) in [6.07, 6.45) is 5.08. The van der Waals surface area contributed by atoms with Gasteiger partial charge in [-0.15, -0.1) is 10.2 Å². The molecule has 0 saturated carbocycles. The summed E-state index contributed by atoms with van der Waals surface area (Å²) in [5, 5.41) is 8.53. The second-order valence-corrected chi connectivity index (χ2v) is 6.45. The van der Waals surface area contributed by atoms with Crippen molar-refractivity contribution in [3.63, 3.8) is 0 Å². The fourth-order valence-electron chi connectivity index (χ4n) is 3.47. The van der Waals surface area contributed by atoms with Crippen LogP contribution in [0.3, 0.4) is 0 Å². The number of benzene rings is 1. The van der Waals surface area contributed by atoms with Crippen molar-refractivity contribution in [1.29, 1.82) is 0 Å². The van der Waals surface area contributed by atoms with E-state index in [9.17, 15) is 0 Å². The number of rotatable bonds is 5. The fourth-order valence-corrected chi connectivity index (χ4v) is 3.47. The van der Waals surface area contributed by atoms with Crippen molar-refractivity contribution in [3.8, 4) is 17.3 Å². The summed E-state index contributed by atoms with van der Waals surface area (Å²) in [5.41, 5.74) is 1.88. The van der Waals surface area contributed by atoms with E-state index < -0.39 is 0 Å². The predicted octanol–water partition coefficient (Wildman–Crippen LogP) is 3.87. The molecule has 0 N–H and O–H groups in total. The van der Waals surface area contributed by atoms with Crippen molar-refractivity contribution in [1.82, 2.24) is 20.1 Å². The number of likely N-dealkylation sites (tertiary alicyclic amines) is 1. The van der Waals surface area contributed by atoms with Crippen molar-refractivity contribution in [2.24, 2.45) is 0 Å². The number of ether oxygens (including phenoxy) is 1. The van der Waals surface area contributed by atoms with Gasteiger partial charge in [0.25, 0.3) is 5.89 Å². The van der Waals surface area contributed by atoms with Crippen molar-refractivity contribution >= 4 is 0 Å². The lowest BCUT2D eigenvalue weighted by Crippen LogP contribution is -2.33. The van der Waals surface area contributed by atoms with Gasteiger partial charge in [-0.25, -0.2) is 0 Å². The minimum Gasteiger partial charge on any atom is -0.496 e. The van der Waals surface area contributed by atoms with E-state index >= 15 is 0 Å². The lowest BCUT2D eigenvalue weighted by Gasteiger charge is -2.33. The topological polar surface area (TPSA) is 64.3 Å². The molecule has 0 spiro atoms. The molecule has 0 bridgehead atoms. The number of piperidine rings is 1. The zero-order valence-electron chi connectivity index (χ0n) is 14.8. The Kier molecular flexibility index (Phi) is 4.93. The van der Waals surface area contributed by atoms with Crippen LogP contribution in [0.4, 0.5) is 0 Å². The SMILES string of the molecule is COc1ccccc1CN1CCCC[C@@H]1c1nnc(-c2ccccn2)o1. The van der Waals surface area contributed by atoms with Crippen molar-refractivity contribution in [3.05, 3.63) is 60.1 Å². The van der Waals surface area contributed by atoms with Crippen LogP contribution >= 0.6 is 0 Å². The van der Waals surface area contributed by atoms with Gasteiger partial charge in [0, 0.05) is 18.3 Å². The van der Waals surface area contributed by atoms with E-state index in [0.717, 1.165) is 31.7 Å². The highest BCUT2D eigenvalue weighted by Crippen LogP contribution is 2.33. The highest BCUT2D eigenvalue weighted by atomic mass is 16.5. The number of nitrogens with zero attached hydrogens (tertiary/aromatic N) is 4. The number of pyridine rings is 1. The van der Waals surface area contributed by atoms with E-state index in [1.807, 2.05) is 36.4 Å². The number of hydrogen-bond acceptors (Lipinski definition) is 6. The molecule has 4 rings (SSSR count). The van der Waals surface area contributed by atoms with Gasteiger partial charge >= 0.3 is 0 Å². The average molecular weight is 350 g/mol. The first kappa shape index (κ1) is 16.7. The highest BCUT2D eigenvalue weighted by Gasteiger charge is 2.29. The Labute approximate surface area is 152 Å². The number of methoxy groups -OCH3 is 1. The minimum absolute atomic E-state index is 0.124. The van der Waals surface area contributed by atoms with Gasteiger partial charge < -0.3 is 9.15 Å². The molecule has 0 radical (unpaired) electrons. The second kappa shape index (κ2) is 7.66. The first-order valence-electron chi connectivity index (χ1n) is 8.96. The highest BCUT2D eigenvalue weighted by molar-refractivity contribution is 5.45. The van der Waals surface area contributed by atoms with E-state index in [2.05, 4.69) is 26.1 Å². The summed E-state index contributed by atoms with van der Waals surface area (Å²) < 4.78 is 11.5. The monoisotopic (exact) mass is 350 g/mol. The first-order valence-corrected chi connectivity index (χ1v) is 8.96. The zero-order chi connectivity index (χ0) is 17.8. The quantitative estimate of drug-likeness (QED) is 0.696. The Balaban J connectivity index is 1.57. The van der Waals surface area contributed by atoms with E-state index in [-0.39, 0.29) is 6.04 Å². The van der Waals surface area contributed by atoms with E-state index in [1.54, 1.807) is 13.3 Å². The summed E-state index contributed by atoms with van der Waals surface area (Å²) in [4.78, 5) is 6.69. The molecule has 6 heteroatoms. The molecule has 26 heavy (non-hydrogen) atoms. The van der Waals surface area contributed by atoms with Gasteiger partial charge in [-0.05, 0) is 37.6 Å². The molecular formula is C20H22N4O2. The molecule has 1 fully saturated rings. The molecule has 2 aromatic heterocycles. The predicted molar refractivity (Wildman–Crippen MR) is 97.5 cm³/mol. The third-order valence-electron chi connectivity index (χ3n) is 4.79. The molecule has 0 unspecified atom stereocenters. The third-order valence-corrected chi connectivity index (χ3v) is 4.79. The molecule has 1 atom stereocenters. The Morgan fingerprint density at radius 2 is 2.00 bits per heavy atom. The zero-order valence-corrected chi connectivity index (χ0v) is 14.8. The maximum absolute atomic E-state index is 5.98. The molecule has 3 aromatic rings. The smallest absolute Gasteiger partial charge is 0.266 e. The van der Waals surface area contributed by atoms with E-state index in [1.165, 1.54) is 12.0 Å². The standard InChI is InChI=1S/C20H22N4O2/c1-25-18-11-3-2-8-15(18)14-24-13-7-5-10-17(24)20-23-22-19(26-20)16-9-4-6-12-21-16/h2-4,6,8-9,11-12,17H,5,7,10,13-14H2,1H3/t17-/m1/s1. The molecule has 134 valence electrons. The summed E-state index contributed by atoms with van der Waals surface area (Å²) in [7, 11) is 1.71. The van der Waals surface area contributed by atoms with Crippen molar-refractivity contribution in [2.45, 2.75) is 31.8 Å². The van der Waals surface area contributed by atoms with Gasteiger partial charge in [0.05, 0.1) is 13.2 Å². The van der Waals surface area contributed by atoms with E-state index in [0.29, 0.717) is 17.5 Å². The molecule has 0 amide bonds. The largest absolute Gasteiger partial charge is 0.496 e. The van der Waals surface area contributed by atoms with Gasteiger partial charge in [-0.1, -0.05) is 30.7 Å². The molecule has 1 aliphatic rings. The second-order valence-electron chi connectivity index (χ2n) is 6.45. The normalized spacial score (nSPS) is 18.0. The van der Waals surface area contributed by atoms with Crippen LogP contribution in [0.5, 0.6) is 5.75 Å². The third kappa shape index (κ3) is 3.46. The lowest BCUT2D eigenvalue weighted by molar-refractivity contribution is 0.117. The molecular weight excluding hydrogens is 328 g/mol. The maximum atomic E-state index is 5.98. The van der Waals surface area contributed by atoms with Gasteiger partial charge in [0.1, 0.15) is 11.4 Å². The van der Waals surface area contributed by atoms with Gasteiger partial charge in [0.2, 0.25) is 5.89 Å². The molecule has 6 nitrogen and oxygen atoms in total. The van der Waals surface area contributed by atoms with Crippen LogP contribution in [-0.2, 0) is 6.54 Å². The van der Waals surface area contributed by atoms with Gasteiger partial charge in [-0.2, -0.15) is 0 Å². The van der Waals surface area contributed by atoms with Crippen molar-refractivity contribution in [2.75, 3.05) is 13.7 Å². The maximum Gasteiger partial charge on any atom is 0.266 e. The summed E-state index contributed by atoms with van der Waals surface area (Å²) >= 11 is 0. The summed E-state index contributed by atoms with van der Waals surface area (Å²) in [6, 6.07) is 13.9. The van der Waals surface area contributed by atoms with Crippen LogP contribution in [0.15, 0.2) is 53.1 Å². The van der Waals surface area contributed by atoms with Crippen LogP contribution in [0, 0.1) is 0 Å². The Morgan fingerprint density at radius 1 is 1.12 bits per heavy atom. The van der Waals surface area contributed by atoms with Crippen LogP contribution in [0.25, 0.3) is 11.6 Å². The molecule has 3 heterocycles. The number of aromatic nitrogens is 3. The Morgan fingerprint density at radius 3 is 2.85 bits per heavy atom. The first-order chi connectivity index (χ1) is 12.8. The Hall–Kier alpha value is -2.73. The lowest BCUT2D eigenvalue weighted by atomic mass is 10.0. The molecule has 0 aliphatic carbocycles. The summed E-state index contributed by atoms with van der Waals surface area (Å²) in [5.74, 6) is 2.06. The average Bonchev–Trinajstić information content (AvgIpc) is 3.19. The van der Waals surface area contributed by atoms with Crippen LogP contribution in [0.1, 0.15) is 36.8 Å². The Bertz CT molecular complexity index is 850. The van der Waals surface area contributed by atoms with Gasteiger partial charge in [-0.3, -0.25) is 9.88 Å². The fraction of sp³-hybridized carbons (Fsp3) is 0.350. The minimum atomic E-state index is 0.124. The van der Waals surface area contributed by atoms with Crippen LogP contribution in [0.2, 0.25) is 0 Å². The van der Waals surface area contributed by atoms with Crippen LogP contribution in [-0.4, -0.2) is 33.7 Å². The van der Waals surface area contributed by atoms with E-state index in [4.69, 9.17) is 9.15 Å². The van der Waals surface area contributed by atoms with Gasteiger partial charge in [0.15, 0.2) is 0 Å². The van der Waals surface area contributed by atoms with Crippen molar-refractivity contribution < 1.29 is 9.15 Å².